The van der Waals surface area contributed by atoms with Crippen molar-refractivity contribution in [2.24, 2.45) is 0 Å². The Morgan fingerprint density at radius 1 is 1.78 bits per heavy atom. The van der Waals surface area contributed by atoms with Gasteiger partial charge in [-0.1, -0.05) is 0 Å². The minimum absolute atomic E-state index is 0.486. The molecular weight excluding hydrogens is 136 g/mol. The number of hydrogen-bond donors (Lipinski definition) is 1. The summed E-state index contributed by atoms with van der Waals surface area (Å²) in [5, 5.41) is 9.55. The van der Waals surface area contributed by atoms with Crippen LogP contribution >= 0.6 is 11.8 Å². The van der Waals surface area contributed by atoms with Crippen molar-refractivity contribution in [2.75, 3.05) is 25.2 Å². The van der Waals surface area contributed by atoms with Crippen LogP contribution in [0.3, 0.4) is 0 Å². The molecule has 9 heavy (non-hydrogen) atoms. The fraction of sp³-hybridized carbons (Fsp3) is 1.00. The van der Waals surface area contributed by atoms with E-state index in [0.717, 1.165) is 17.9 Å². The summed E-state index contributed by atoms with van der Waals surface area (Å²) in [4.78, 5) is 0. The Kier molecular flexibility index (Phi) is 2.38. The highest BCUT2D eigenvalue weighted by atomic mass is 32.2. The summed E-state index contributed by atoms with van der Waals surface area (Å²) in [6.07, 6.45) is 0.880. The van der Waals surface area contributed by atoms with Gasteiger partial charge in [0, 0.05) is 12.9 Å². The van der Waals surface area contributed by atoms with Crippen LogP contribution in [-0.4, -0.2) is 35.9 Å². The molecule has 2 nitrogen and oxygen atoms in total. The average molecular weight is 148 g/mol. The van der Waals surface area contributed by atoms with Crippen LogP contribution in [0.1, 0.15) is 6.42 Å². The van der Waals surface area contributed by atoms with Crippen molar-refractivity contribution in [1.29, 1.82) is 0 Å². The van der Waals surface area contributed by atoms with Crippen molar-refractivity contribution >= 4 is 11.8 Å². The lowest BCUT2D eigenvalue weighted by Gasteiger charge is -2.18. The SMILES string of the molecule is COCC1(O)CCSC1. The molecule has 1 aliphatic heterocycles. The van der Waals surface area contributed by atoms with Crippen LogP contribution in [0, 0.1) is 0 Å². The van der Waals surface area contributed by atoms with Gasteiger partial charge < -0.3 is 9.84 Å². The van der Waals surface area contributed by atoms with Crippen molar-refractivity contribution < 1.29 is 9.84 Å². The van der Waals surface area contributed by atoms with E-state index in [1.54, 1.807) is 18.9 Å². The molecule has 1 heterocycles. The molecule has 0 saturated carbocycles. The van der Waals surface area contributed by atoms with E-state index < -0.39 is 5.60 Å². The highest BCUT2D eigenvalue weighted by Gasteiger charge is 2.31. The average Bonchev–Trinajstić information content (AvgIpc) is 2.16. The number of aliphatic hydroxyl groups is 1. The number of ether oxygens (including phenoxy) is 1. The number of hydrogen-bond acceptors (Lipinski definition) is 3. The van der Waals surface area contributed by atoms with Crippen LogP contribution in [0.4, 0.5) is 0 Å². The topological polar surface area (TPSA) is 29.5 Å². The molecular formula is C6H12O2S. The molecule has 0 aliphatic carbocycles. The molecule has 0 spiro atoms. The van der Waals surface area contributed by atoms with Gasteiger partial charge in [-0.3, -0.25) is 0 Å². The molecule has 0 radical (unpaired) electrons. The van der Waals surface area contributed by atoms with Crippen molar-refractivity contribution in [3.63, 3.8) is 0 Å². The molecule has 0 aromatic carbocycles. The van der Waals surface area contributed by atoms with Crippen molar-refractivity contribution in [1.82, 2.24) is 0 Å². The minimum atomic E-state index is -0.514. The Bertz CT molecular complexity index is 89.1. The third kappa shape index (κ3) is 1.85. The second kappa shape index (κ2) is 2.90. The normalized spacial score (nSPS) is 35.3. The Morgan fingerprint density at radius 2 is 2.56 bits per heavy atom. The Hall–Kier alpha value is 0.270. The molecule has 1 saturated heterocycles. The lowest BCUT2D eigenvalue weighted by atomic mass is 10.1. The van der Waals surface area contributed by atoms with Gasteiger partial charge in [0.2, 0.25) is 0 Å². The Labute approximate surface area is 59.6 Å². The van der Waals surface area contributed by atoms with E-state index in [-0.39, 0.29) is 0 Å². The van der Waals surface area contributed by atoms with Gasteiger partial charge in [0.25, 0.3) is 0 Å². The molecule has 1 unspecified atom stereocenters. The first kappa shape index (κ1) is 7.38. The molecule has 0 amide bonds. The number of rotatable bonds is 2. The van der Waals surface area contributed by atoms with Crippen molar-refractivity contribution in [2.45, 2.75) is 12.0 Å². The van der Waals surface area contributed by atoms with Crippen LogP contribution in [0.2, 0.25) is 0 Å². The smallest absolute Gasteiger partial charge is 0.0977 e. The van der Waals surface area contributed by atoms with Crippen LogP contribution < -0.4 is 0 Å². The summed E-state index contributed by atoms with van der Waals surface area (Å²) in [7, 11) is 1.63. The van der Waals surface area contributed by atoms with Crippen LogP contribution in [0.25, 0.3) is 0 Å². The quantitative estimate of drug-likeness (QED) is 0.618. The van der Waals surface area contributed by atoms with E-state index in [4.69, 9.17) is 4.74 Å². The number of methoxy groups -OCH3 is 1. The van der Waals surface area contributed by atoms with Crippen LogP contribution in [0.15, 0.2) is 0 Å². The molecule has 0 aromatic heterocycles. The summed E-state index contributed by atoms with van der Waals surface area (Å²) >= 11 is 1.79. The molecule has 1 N–H and O–H groups in total. The molecule has 3 heteroatoms. The minimum Gasteiger partial charge on any atom is -0.387 e. The van der Waals surface area contributed by atoms with E-state index in [2.05, 4.69) is 0 Å². The molecule has 1 aliphatic rings. The molecule has 1 atom stereocenters. The van der Waals surface area contributed by atoms with Crippen molar-refractivity contribution in [3.05, 3.63) is 0 Å². The van der Waals surface area contributed by atoms with E-state index in [1.807, 2.05) is 0 Å². The predicted octanol–water partition coefficient (Wildman–Crippen LogP) is 0.501. The second-order valence-corrected chi connectivity index (χ2v) is 3.57. The van der Waals surface area contributed by atoms with Gasteiger partial charge in [0.1, 0.15) is 0 Å². The van der Waals surface area contributed by atoms with E-state index in [1.165, 1.54) is 0 Å². The fourth-order valence-electron chi connectivity index (χ4n) is 0.979. The van der Waals surface area contributed by atoms with Gasteiger partial charge in [-0.05, 0) is 12.2 Å². The maximum Gasteiger partial charge on any atom is 0.0977 e. The summed E-state index contributed by atoms with van der Waals surface area (Å²) in [6, 6.07) is 0. The standard InChI is InChI=1S/C6H12O2S/c1-8-4-6(7)2-3-9-5-6/h7H,2-5H2,1H3. The second-order valence-electron chi connectivity index (χ2n) is 2.46. The fourth-order valence-corrected chi connectivity index (χ4v) is 2.26. The highest BCUT2D eigenvalue weighted by Crippen LogP contribution is 2.27. The highest BCUT2D eigenvalue weighted by molar-refractivity contribution is 7.99. The Balaban J connectivity index is 2.32. The predicted molar refractivity (Wildman–Crippen MR) is 38.8 cm³/mol. The van der Waals surface area contributed by atoms with E-state index >= 15 is 0 Å². The lowest BCUT2D eigenvalue weighted by Crippen LogP contribution is -2.33. The zero-order chi connectivity index (χ0) is 6.74. The molecule has 0 aromatic rings. The van der Waals surface area contributed by atoms with Crippen LogP contribution in [-0.2, 0) is 4.74 Å². The monoisotopic (exact) mass is 148 g/mol. The molecule has 1 fully saturated rings. The third-order valence-electron chi connectivity index (χ3n) is 1.50. The summed E-state index contributed by atoms with van der Waals surface area (Å²) in [6.45, 7) is 0.486. The van der Waals surface area contributed by atoms with Gasteiger partial charge in [0.15, 0.2) is 0 Å². The van der Waals surface area contributed by atoms with E-state index in [9.17, 15) is 5.11 Å². The zero-order valence-corrected chi connectivity index (χ0v) is 6.41. The van der Waals surface area contributed by atoms with Crippen LogP contribution in [0.5, 0.6) is 0 Å². The first-order valence-electron chi connectivity index (χ1n) is 3.06. The number of thioether (sulfide) groups is 1. The maximum absolute atomic E-state index is 9.55. The van der Waals surface area contributed by atoms with Gasteiger partial charge in [0.05, 0.1) is 12.2 Å². The third-order valence-corrected chi connectivity index (χ3v) is 2.73. The first-order valence-corrected chi connectivity index (χ1v) is 4.21. The first-order chi connectivity index (χ1) is 4.27. The van der Waals surface area contributed by atoms with Gasteiger partial charge >= 0.3 is 0 Å². The lowest BCUT2D eigenvalue weighted by molar-refractivity contribution is -0.0103. The summed E-state index contributed by atoms with van der Waals surface area (Å²) in [5.74, 6) is 1.90. The van der Waals surface area contributed by atoms with Crippen molar-refractivity contribution in [3.8, 4) is 0 Å². The molecule has 54 valence electrons. The summed E-state index contributed by atoms with van der Waals surface area (Å²) < 4.78 is 4.87. The van der Waals surface area contributed by atoms with Gasteiger partial charge in [-0.15, -0.1) is 0 Å². The zero-order valence-electron chi connectivity index (χ0n) is 5.59. The van der Waals surface area contributed by atoms with Gasteiger partial charge in [-0.25, -0.2) is 0 Å². The largest absolute Gasteiger partial charge is 0.387 e. The Morgan fingerprint density at radius 3 is 3.00 bits per heavy atom. The molecule has 1 rings (SSSR count). The van der Waals surface area contributed by atoms with Gasteiger partial charge in [-0.2, -0.15) is 11.8 Å². The van der Waals surface area contributed by atoms with E-state index in [0.29, 0.717) is 6.61 Å². The molecule has 0 bridgehead atoms. The summed E-state index contributed by atoms with van der Waals surface area (Å²) in [5.41, 5.74) is -0.514. The maximum atomic E-state index is 9.55.